The average Bonchev–Trinajstić information content (AvgIpc) is 3.33. The first-order valence-corrected chi connectivity index (χ1v) is 11.3. The van der Waals surface area contributed by atoms with Gasteiger partial charge < -0.3 is 20.8 Å². The smallest absolute Gasteiger partial charge is 0.306 e. The van der Waals surface area contributed by atoms with Crippen LogP contribution in [-0.4, -0.2) is 29.4 Å². The first-order valence-electron chi connectivity index (χ1n) is 10.5. The number of benzene rings is 1. The number of aromatic nitrogens is 1. The van der Waals surface area contributed by atoms with Crippen LogP contribution in [0.5, 0.6) is 0 Å². The summed E-state index contributed by atoms with van der Waals surface area (Å²) in [6.45, 7) is -0.382. The number of nitrogens with two attached hydrogens (primary N) is 1. The van der Waals surface area contributed by atoms with Gasteiger partial charge in [-0.25, -0.2) is 0 Å². The third kappa shape index (κ3) is 4.80. The largest absolute Gasteiger partial charge is 0.456 e. The van der Waals surface area contributed by atoms with E-state index in [9.17, 15) is 14.4 Å². The Morgan fingerprint density at radius 3 is 2.81 bits per heavy atom. The first-order chi connectivity index (χ1) is 15.0. The van der Waals surface area contributed by atoms with Gasteiger partial charge in [-0.05, 0) is 55.7 Å². The molecule has 0 atom stereocenters. The van der Waals surface area contributed by atoms with Crippen LogP contribution in [0, 0.1) is 0 Å². The van der Waals surface area contributed by atoms with E-state index < -0.39 is 17.8 Å². The number of esters is 1. The predicted molar refractivity (Wildman–Crippen MR) is 120 cm³/mol. The molecule has 0 unspecified atom stereocenters. The molecule has 1 aromatic carbocycles. The molecule has 31 heavy (non-hydrogen) atoms. The summed E-state index contributed by atoms with van der Waals surface area (Å²) in [6.07, 6.45) is 7.32. The Hall–Kier alpha value is -3.13. The number of carbonyl (C=O) groups is 3. The Morgan fingerprint density at radius 1 is 1.16 bits per heavy atom. The minimum Gasteiger partial charge on any atom is -0.456 e. The van der Waals surface area contributed by atoms with Crippen molar-refractivity contribution in [2.24, 2.45) is 5.73 Å². The summed E-state index contributed by atoms with van der Waals surface area (Å²) in [6, 6.07) is 8.02. The molecular weight excluding hydrogens is 414 g/mol. The molecule has 8 heteroatoms. The lowest BCUT2D eigenvalue weighted by Crippen LogP contribution is -2.22. The van der Waals surface area contributed by atoms with E-state index in [1.165, 1.54) is 11.3 Å². The molecule has 0 saturated heterocycles. The molecule has 1 aliphatic carbocycles. The molecular formula is C23H25N3O4S. The SMILES string of the molecule is NC(=O)c1c(NC(=O)COC(=O)CCCc2c[nH]c3ccccc23)sc2c1CCCC2. The predicted octanol–water partition coefficient (Wildman–Crippen LogP) is 3.71. The fourth-order valence-electron chi connectivity index (χ4n) is 4.06. The van der Waals surface area contributed by atoms with Crippen molar-refractivity contribution in [3.05, 3.63) is 52.0 Å². The van der Waals surface area contributed by atoms with Crippen molar-refractivity contribution >= 4 is 45.0 Å². The van der Waals surface area contributed by atoms with Gasteiger partial charge in [-0.3, -0.25) is 14.4 Å². The molecule has 0 aliphatic heterocycles. The molecule has 0 bridgehead atoms. The van der Waals surface area contributed by atoms with Gasteiger partial charge in [0.25, 0.3) is 11.8 Å². The Morgan fingerprint density at radius 2 is 1.97 bits per heavy atom. The van der Waals surface area contributed by atoms with Gasteiger partial charge in [-0.15, -0.1) is 11.3 Å². The molecule has 0 saturated carbocycles. The molecule has 0 spiro atoms. The highest BCUT2D eigenvalue weighted by Crippen LogP contribution is 2.37. The summed E-state index contributed by atoms with van der Waals surface area (Å²) in [7, 11) is 0. The second-order valence-corrected chi connectivity index (χ2v) is 8.81. The number of aryl methyl sites for hydroxylation is 2. The molecule has 4 N–H and O–H groups in total. The zero-order chi connectivity index (χ0) is 21.8. The van der Waals surface area contributed by atoms with Crippen molar-refractivity contribution in [3.8, 4) is 0 Å². The number of fused-ring (bicyclic) bond motifs is 2. The van der Waals surface area contributed by atoms with Crippen molar-refractivity contribution in [2.45, 2.75) is 44.9 Å². The first kappa shape index (κ1) is 21.1. The van der Waals surface area contributed by atoms with Gasteiger partial charge in [0.15, 0.2) is 6.61 Å². The number of amides is 2. The number of primary amides is 1. The fraction of sp³-hybridized carbons (Fsp3) is 0.348. The van der Waals surface area contributed by atoms with Crippen LogP contribution >= 0.6 is 11.3 Å². The minimum atomic E-state index is -0.538. The number of thiophene rings is 1. The number of carbonyl (C=O) groups excluding carboxylic acids is 3. The molecule has 2 aromatic heterocycles. The van der Waals surface area contributed by atoms with E-state index in [1.807, 2.05) is 30.5 Å². The second-order valence-electron chi connectivity index (χ2n) is 7.70. The average molecular weight is 440 g/mol. The highest BCUT2D eigenvalue weighted by molar-refractivity contribution is 7.17. The van der Waals surface area contributed by atoms with Crippen molar-refractivity contribution in [1.29, 1.82) is 0 Å². The van der Waals surface area contributed by atoms with Gasteiger partial charge in [0, 0.05) is 28.4 Å². The van der Waals surface area contributed by atoms with Crippen LogP contribution in [0.25, 0.3) is 10.9 Å². The summed E-state index contributed by atoms with van der Waals surface area (Å²) >= 11 is 1.39. The molecule has 4 rings (SSSR count). The molecule has 2 heterocycles. The monoisotopic (exact) mass is 439 g/mol. The Bertz CT molecular complexity index is 1130. The van der Waals surface area contributed by atoms with E-state index in [1.54, 1.807) is 0 Å². The number of nitrogens with one attached hydrogen (secondary N) is 2. The van der Waals surface area contributed by atoms with Crippen LogP contribution in [0.15, 0.2) is 30.5 Å². The number of anilines is 1. The zero-order valence-electron chi connectivity index (χ0n) is 17.2. The highest BCUT2D eigenvalue weighted by Gasteiger charge is 2.25. The summed E-state index contributed by atoms with van der Waals surface area (Å²) in [4.78, 5) is 40.5. The maximum absolute atomic E-state index is 12.3. The van der Waals surface area contributed by atoms with Crippen molar-refractivity contribution < 1.29 is 19.1 Å². The van der Waals surface area contributed by atoms with Crippen LogP contribution < -0.4 is 11.1 Å². The third-order valence-electron chi connectivity index (χ3n) is 5.54. The lowest BCUT2D eigenvalue weighted by Gasteiger charge is -2.11. The minimum absolute atomic E-state index is 0.229. The highest BCUT2D eigenvalue weighted by atomic mass is 32.1. The van der Waals surface area contributed by atoms with E-state index in [4.69, 9.17) is 10.5 Å². The lowest BCUT2D eigenvalue weighted by molar-refractivity contribution is -0.147. The number of hydrogen-bond acceptors (Lipinski definition) is 5. The van der Waals surface area contributed by atoms with Crippen LogP contribution in [0.3, 0.4) is 0 Å². The molecule has 2 amide bonds. The topological polar surface area (TPSA) is 114 Å². The number of aromatic amines is 1. The summed E-state index contributed by atoms with van der Waals surface area (Å²) in [5, 5.41) is 4.31. The number of para-hydroxylation sites is 1. The molecule has 162 valence electrons. The van der Waals surface area contributed by atoms with E-state index >= 15 is 0 Å². The van der Waals surface area contributed by atoms with Crippen LogP contribution in [-0.2, 0) is 33.6 Å². The summed E-state index contributed by atoms with van der Waals surface area (Å²) in [5.74, 6) is -1.43. The Kier molecular flexibility index (Phi) is 6.36. The van der Waals surface area contributed by atoms with Gasteiger partial charge in [0.2, 0.25) is 0 Å². The van der Waals surface area contributed by atoms with E-state index in [-0.39, 0.29) is 13.0 Å². The maximum atomic E-state index is 12.3. The molecule has 7 nitrogen and oxygen atoms in total. The van der Waals surface area contributed by atoms with Crippen LogP contribution in [0.2, 0.25) is 0 Å². The normalized spacial score (nSPS) is 13.0. The molecule has 0 radical (unpaired) electrons. The van der Waals surface area contributed by atoms with Crippen LogP contribution in [0.4, 0.5) is 5.00 Å². The fourth-order valence-corrected chi connectivity index (χ4v) is 5.37. The van der Waals surface area contributed by atoms with E-state index in [0.717, 1.165) is 59.0 Å². The maximum Gasteiger partial charge on any atom is 0.306 e. The molecule has 1 aliphatic rings. The summed E-state index contributed by atoms with van der Waals surface area (Å²) < 4.78 is 5.12. The van der Waals surface area contributed by atoms with Crippen LogP contribution in [0.1, 0.15) is 52.0 Å². The van der Waals surface area contributed by atoms with Gasteiger partial charge in [-0.1, -0.05) is 18.2 Å². The lowest BCUT2D eigenvalue weighted by atomic mass is 9.95. The number of hydrogen-bond donors (Lipinski definition) is 3. The van der Waals surface area contributed by atoms with E-state index in [2.05, 4.69) is 10.3 Å². The van der Waals surface area contributed by atoms with Crippen molar-refractivity contribution in [1.82, 2.24) is 4.98 Å². The quantitative estimate of drug-likeness (QED) is 0.464. The zero-order valence-corrected chi connectivity index (χ0v) is 18.0. The Labute approximate surface area is 184 Å². The molecule has 0 fully saturated rings. The van der Waals surface area contributed by atoms with Gasteiger partial charge in [0.05, 0.1) is 5.56 Å². The number of H-pyrrole nitrogens is 1. The summed E-state index contributed by atoms with van der Waals surface area (Å²) in [5.41, 5.74) is 9.12. The van der Waals surface area contributed by atoms with Crippen molar-refractivity contribution in [2.75, 3.05) is 11.9 Å². The second kappa shape index (κ2) is 9.34. The van der Waals surface area contributed by atoms with Crippen molar-refractivity contribution in [3.63, 3.8) is 0 Å². The van der Waals surface area contributed by atoms with Gasteiger partial charge in [0.1, 0.15) is 5.00 Å². The Balaban J connectivity index is 1.26. The van der Waals surface area contributed by atoms with E-state index in [0.29, 0.717) is 17.0 Å². The number of ether oxygens (including phenoxy) is 1. The van der Waals surface area contributed by atoms with Gasteiger partial charge in [-0.2, -0.15) is 0 Å². The number of rotatable bonds is 8. The van der Waals surface area contributed by atoms with Gasteiger partial charge >= 0.3 is 5.97 Å². The molecule has 3 aromatic rings. The standard InChI is InChI=1S/C23H25N3O4S/c24-22(29)21-16-8-2-4-10-18(16)31-23(21)26-19(27)13-30-20(28)11-5-6-14-12-25-17-9-3-1-7-15(14)17/h1,3,7,9,12,25H,2,4-6,8,10-11,13H2,(H2,24,29)(H,26,27). The third-order valence-corrected chi connectivity index (χ3v) is 6.74.